The van der Waals surface area contributed by atoms with E-state index in [1.807, 2.05) is 26.0 Å². The molecule has 0 radical (unpaired) electrons. The Bertz CT molecular complexity index is 1550. The second-order valence-corrected chi connectivity index (χ2v) is 13.7. The van der Waals surface area contributed by atoms with E-state index in [2.05, 4.69) is 5.32 Å². The maximum absolute atomic E-state index is 14.2. The molecule has 7 nitrogen and oxygen atoms in total. The minimum atomic E-state index is -4.15. The highest BCUT2D eigenvalue weighted by Crippen LogP contribution is 2.29. The van der Waals surface area contributed by atoms with Crippen molar-refractivity contribution in [2.24, 2.45) is 0 Å². The fraction of sp³-hybridized carbons (Fsp3) is 0.375. The Morgan fingerprint density at radius 1 is 0.929 bits per heavy atom. The number of sulfonamides is 1. The Labute approximate surface area is 258 Å². The average Bonchev–Trinajstić information content (AvgIpc) is 3.45. The molecule has 0 heterocycles. The molecule has 1 aliphatic rings. The quantitative estimate of drug-likeness (QED) is 0.274. The van der Waals surface area contributed by atoms with Gasteiger partial charge in [-0.15, -0.1) is 0 Å². The van der Waals surface area contributed by atoms with Crippen molar-refractivity contribution in [1.29, 1.82) is 0 Å². The van der Waals surface area contributed by atoms with Crippen LogP contribution in [-0.4, -0.2) is 43.8 Å². The van der Waals surface area contributed by atoms with E-state index in [0.717, 1.165) is 41.1 Å². The number of halogens is 2. The molecule has 3 aromatic carbocycles. The summed E-state index contributed by atoms with van der Waals surface area (Å²) in [5.41, 5.74) is 3.45. The van der Waals surface area contributed by atoms with E-state index in [-0.39, 0.29) is 23.4 Å². The summed E-state index contributed by atoms with van der Waals surface area (Å²) in [6.07, 6.45) is 3.88. The minimum Gasteiger partial charge on any atom is -0.352 e. The zero-order chi connectivity index (χ0) is 30.6. The van der Waals surface area contributed by atoms with Gasteiger partial charge in [-0.05, 0) is 87.6 Å². The molecule has 42 heavy (non-hydrogen) atoms. The number of benzene rings is 3. The molecule has 1 saturated carbocycles. The van der Waals surface area contributed by atoms with Crippen LogP contribution < -0.4 is 9.62 Å². The first kappa shape index (κ1) is 31.9. The number of carbonyl (C=O) groups is 2. The smallest absolute Gasteiger partial charge is 0.264 e. The lowest BCUT2D eigenvalue weighted by Gasteiger charge is -2.33. The lowest BCUT2D eigenvalue weighted by Crippen LogP contribution is -2.52. The molecule has 1 atom stereocenters. The van der Waals surface area contributed by atoms with Gasteiger partial charge < -0.3 is 10.2 Å². The molecule has 2 amide bonds. The monoisotopic (exact) mass is 629 g/mol. The van der Waals surface area contributed by atoms with Gasteiger partial charge >= 0.3 is 0 Å². The Morgan fingerprint density at radius 3 is 2.21 bits per heavy atom. The first-order chi connectivity index (χ1) is 19.9. The van der Waals surface area contributed by atoms with E-state index in [1.165, 1.54) is 17.0 Å². The second-order valence-electron chi connectivity index (χ2n) is 11.0. The van der Waals surface area contributed by atoms with Gasteiger partial charge in [0.1, 0.15) is 12.6 Å². The Balaban J connectivity index is 1.73. The van der Waals surface area contributed by atoms with E-state index < -0.39 is 28.5 Å². The first-order valence-electron chi connectivity index (χ1n) is 14.1. The molecule has 0 bridgehead atoms. The number of nitrogens with one attached hydrogen (secondary N) is 1. The molecule has 0 saturated heterocycles. The van der Waals surface area contributed by atoms with Crippen LogP contribution in [0.3, 0.4) is 0 Å². The fourth-order valence-corrected chi connectivity index (χ4v) is 7.09. The summed E-state index contributed by atoms with van der Waals surface area (Å²) < 4.78 is 29.3. The van der Waals surface area contributed by atoms with Crippen molar-refractivity contribution in [3.63, 3.8) is 0 Å². The number of carbonyl (C=O) groups excluding carboxylic acids is 2. The van der Waals surface area contributed by atoms with E-state index in [4.69, 9.17) is 23.2 Å². The Morgan fingerprint density at radius 2 is 1.57 bits per heavy atom. The standard InChI is InChI=1S/C32H37Cl2N3O4S/c1-21-10-15-28(16-11-21)42(40,41)37(30-17-22(2)9-12-23(30)3)20-31(38)36(19-25-13-14-26(33)18-29(25)34)24(4)32(39)35-27-7-5-6-8-27/h9-18,24,27H,5-8,19-20H2,1-4H3,(H,35,39)/t24-/m1/s1. The summed E-state index contributed by atoms with van der Waals surface area (Å²) in [6, 6.07) is 16.1. The van der Waals surface area contributed by atoms with Crippen LogP contribution in [-0.2, 0) is 26.2 Å². The zero-order valence-corrected chi connectivity index (χ0v) is 26.7. The number of rotatable bonds is 10. The number of amides is 2. The summed E-state index contributed by atoms with van der Waals surface area (Å²) in [6.45, 7) is 6.69. The Kier molecular flexibility index (Phi) is 10.2. The van der Waals surface area contributed by atoms with E-state index in [0.29, 0.717) is 26.9 Å². The third-order valence-corrected chi connectivity index (χ3v) is 10.1. The number of nitrogens with zero attached hydrogens (tertiary/aromatic N) is 2. The van der Waals surface area contributed by atoms with Crippen molar-refractivity contribution in [2.45, 2.75) is 76.9 Å². The molecule has 1 fully saturated rings. The van der Waals surface area contributed by atoms with Crippen molar-refractivity contribution in [2.75, 3.05) is 10.8 Å². The van der Waals surface area contributed by atoms with Crippen LogP contribution in [0.25, 0.3) is 0 Å². The number of anilines is 1. The van der Waals surface area contributed by atoms with Crippen LogP contribution >= 0.6 is 23.2 Å². The topological polar surface area (TPSA) is 86.8 Å². The molecule has 0 unspecified atom stereocenters. The van der Waals surface area contributed by atoms with Crippen molar-refractivity contribution in [1.82, 2.24) is 10.2 Å². The molecule has 1 N–H and O–H groups in total. The van der Waals surface area contributed by atoms with Gasteiger partial charge in [0.2, 0.25) is 11.8 Å². The summed E-state index contributed by atoms with van der Waals surface area (Å²) in [5.74, 6) is -0.827. The third kappa shape index (κ3) is 7.46. The molecular weight excluding hydrogens is 593 g/mol. The highest BCUT2D eigenvalue weighted by atomic mass is 35.5. The maximum Gasteiger partial charge on any atom is 0.264 e. The molecule has 3 aromatic rings. The van der Waals surface area contributed by atoms with Crippen LogP contribution in [0.2, 0.25) is 10.0 Å². The molecule has 0 aliphatic heterocycles. The van der Waals surface area contributed by atoms with Gasteiger partial charge in [0.05, 0.1) is 10.6 Å². The fourth-order valence-electron chi connectivity index (χ4n) is 5.15. The third-order valence-electron chi connectivity index (χ3n) is 7.75. The van der Waals surface area contributed by atoms with Gasteiger partial charge in [0.25, 0.3) is 10.0 Å². The SMILES string of the molecule is Cc1ccc(S(=O)(=O)N(CC(=O)N(Cc2ccc(Cl)cc2Cl)[C@H](C)C(=O)NC2CCCC2)c2cc(C)ccc2C)cc1. The van der Waals surface area contributed by atoms with Crippen molar-refractivity contribution in [3.8, 4) is 0 Å². The van der Waals surface area contributed by atoms with Crippen LogP contribution in [0.5, 0.6) is 0 Å². The molecule has 224 valence electrons. The van der Waals surface area contributed by atoms with Gasteiger partial charge in [-0.3, -0.25) is 13.9 Å². The lowest BCUT2D eigenvalue weighted by molar-refractivity contribution is -0.139. The molecular formula is C32H37Cl2N3O4S. The van der Waals surface area contributed by atoms with Crippen molar-refractivity contribution >= 4 is 50.7 Å². The van der Waals surface area contributed by atoms with Crippen molar-refractivity contribution < 1.29 is 18.0 Å². The van der Waals surface area contributed by atoms with Crippen LogP contribution in [0.15, 0.2) is 65.6 Å². The molecule has 10 heteroatoms. The summed E-state index contributed by atoms with van der Waals surface area (Å²) >= 11 is 12.6. The normalized spacial score (nSPS) is 14.4. The highest BCUT2D eigenvalue weighted by molar-refractivity contribution is 7.92. The van der Waals surface area contributed by atoms with Gasteiger partial charge in [0.15, 0.2) is 0 Å². The molecule has 0 spiro atoms. The predicted molar refractivity (Wildman–Crippen MR) is 168 cm³/mol. The van der Waals surface area contributed by atoms with Crippen LogP contribution in [0, 0.1) is 20.8 Å². The lowest BCUT2D eigenvalue weighted by atomic mass is 10.1. The number of aryl methyl sites for hydroxylation is 3. The average molecular weight is 631 g/mol. The van der Waals surface area contributed by atoms with E-state index in [1.54, 1.807) is 50.2 Å². The number of hydrogen-bond donors (Lipinski definition) is 1. The maximum atomic E-state index is 14.2. The first-order valence-corrected chi connectivity index (χ1v) is 16.3. The highest BCUT2D eigenvalue weighted by Gasteiger charge is 2.34. The van der Waals surface area contributed by atoms with Gasteiger partial charge in [-0.2, -0.15) is 0 Å². The minimum absolute atomic E-state index is 0.000687. The predicted octanol–water partition coefficient (Wildman–Crippen LogP) is 6.59. The Hall–Kier alpha value is -3.07. The summed E-state index contributed by atoms with van der Waals surface area (Å²) in [5, 5.41) is 3.86. The second kappa shape index (κ2) is 13.5. The van der Waals surface area contributed by atoms with Crippen LogP contribution in [0.4, 0.5) is 5.69 Å². The summed E-state index contributed by atoms with van der Waals surface area (Å²) in [7, 11) is -4.15. The largest absolute Gasteiger partial charge is 0.352 e. The zero-order valence-electron chi connectivity index (χ0n) is 24.4. The van der Waals surface area contributed by atoms with E-state index >= 15 is 0 Å². The molecule has 0 aromatic heterocycles. The van der Waals surface area contributed by atoms with Gasteiger partial charge in [0, 0.05) is 22.6 Å². The summed E-state index contributed by atoms with van der Waals surface area (Å²) in [4.78, 5) is 29.0. The molecule has 4 rings (SSSR count). The van der Waals surface area contributed by atoms with Crippen molar-refractivity contribution in [3.05, 3.63) is 93.0 Å². The van der Waals surface area contributed by atoms with Gasteiger partial charge in [-0.1, -0.05) is 71.9 Å². The van der Waals surface area contributed by atoms with Gasteiger partial charge in [-0.25, -0.2) is 8.42 Å². The van der Waals surface area contributed by atoms with E-state index in [9.17, 15) is 18.0 Å². The number of hydrogen-bond acceptors (Lipinski definition) is 4. The van der Waals surface area contributed by atoms with Crippen LogP contribution in [0.1, 0.15) is 54.9 Å². The molecule has 1 aliphatic carbocycles.